The van der Waals surface area contributed by atoms with E-state index in [0.29, 0.717) is 25.9 Å². The maximum atomic E-state index is 12.9. The highest BCUT2D eigenvalue weighted by Crippen LogP contribution is 2.34. The number of β-amino-alcohol motifs (C(OH)–C–C–N with tert-alkyl or cyclic N) is 1. The molecule has 124 valence electrons. The van der Waals surface area contributed by atoms with Crippen molar-refractivity contribution in [2.24, 2.45) is 0 Å². The fourth-order valence-electron chi connectivity index (χ4n) is 3.45. The van der Waals surface area contributed by atoms with Crippen LogP contribution in [-0.2, 0) is 16.0 Å². The molecule has 1 atom stereocenters. The van der Waals surface area contributed by atoms with Gasteiger partial charge in [-0.1, -0.05) is 0 Å². The van der Waals surface area contributed by atoms with E-state index in [1.165, 1.54) is 6.92 Å². The number of anilines is 1. The Morgan fingerprint density at radius 1 is 1.30 bits per heavy atom. The monoisotopic (exact) mass is 318 g/mol. The third-order valence-electron chi connectivity index (χ3n) is 4.74. The molecule has 1 saturated heterocycles. The van der Waals surface area contributed by atoms with Gasteiger partial charge in [-0.3, -0.25) is 9.59 Å². The molecule has 0 saturated carbocycles. The van der Waals surface area contributed by atoms with Crippen LogP contribution in [0.25, 0.3) is 0 Å². The summed E-state index contributed by atoms with van der Waals surface area (Å²) in [5.41, 5.74) is 0.371. The highest BCUT2D eigenvalue weighted by Gasteiger charge is 2.45. The number of benzene rings is 1. The SMILES string of the molecule is COc1ccc2c(c1)CCN2C(=O)C1(O)CCCN(C(C)=O)C1. The van der Waals surface area contributed by atoms with Gasteiger partial charge in [0.15, 0.2) is 5.60 Å². The number of rotatable bonds is 2. The lowest BCUT2D eigenvalue weighted by Gasteiger charge is -2.39. The highest BCUT2D eigenvalue weighted by atomic mass is 16.5. The van der Waals surface area contributed by atoms with Gasteiger partial charge in [-0.05, 0) is 43.0 Å². The van der Waals surface area contributed by atoms with Crippen LogP contribution in [-0.4, -0.2) is 54.2 Å². The Kier molecular flexibility index (Phi) is 4.02. The topological polar surface area (TPSA) is 70.1 Å². The lowest BCUT2D eigenvalue weighted by Crippen LogP contribution is -2.58. The van der Waals surface area contributed by atoms with Crippen molar-refractivity contribution in [2.75, 3.05) is 31.6 Å². The summed E-state index contributed by atoms with van der Waals surface area (Å²) in [6.07, 6.45) is 1.76. The second kappa shape index (κ2) is 5.85. The van der Waals surface area contributed by atoms with Gasteiger partial charge in [-0.25, -0.2) is 0 Å². The molecule has 0 spiro atoms. The third-order valence-corrected chi connectivity index (χ3v) is 4.74. The largest absolute Gasteiger partial charge is 0.497 e. The number of nitrogens with zero attached hydrogens (tertiary/aromatic N) is 2. The maximum absolute atomic E-state index is 12.9. The molecule has 2 aliphatic heterocycles. The molecule has 0 aromatic heterocycles. The molecule has 1 aromatic rings. The molecule has 3 rings (SSSR count). The first-order valence-electron chi connectivity index (χ1n) is 7.91. The Morgan fingerprint density at radius 2 is 2.09 bits per heavy atom. The van der Waals surface area contributed by atoms with Crippen molar-refractivity contribution < 1.29 is 19.4 Å². The first kappa shape index (κ1) is 15.8. The lowest BCUT2D eigenvalue weighted by atomic mass is 9.91. The number of carbonyl (C=O) groups is 2. The van der Waals surface area contributed by atoms with Gasteiger partial charge in [-0.2, -0.15) is 0 Å². The predicted molar refractivity (Wildman–Crippen MR) is 85.5 cm³/mol. The van der Waals surface area contributed by atoms with Gasteiger partial charge in [-0.15, -0.1) is 0 Å². The van der Waals surface area contributed by atoms with Crippen molar-refractivity contribution in [1.29, 1.82) is 0 Å². The Balaban J connectivity index is 1.83. The number of methoxy groups -OCH3 is 1. The van der Waals surface area contributed by atoms with Crippen molar-refractivity contribution in [1.82, 2.24) is 4.90 Å². The molecule has 1 N–H and O–H groups in total. The van der Waals surface area contributed by atoms with Crippen LogP contribution in [0.2, 0.25) is 0 Å². The first-order chi connectivity index (χ1) is 10.9. The van der Waals surface area contributed by atoms with E-state index in [9.17, 15) is 14.7 Å². The first-order valence-corrected chi connectivity index (χ1v) is 7.91. The summed E-state index contributed by atoms with van der Waals surface area (Å²) < 4.78 is 5.21. The van der Waals surface area contributed by atoms with Crippen LogP contribution in [0.1, 0.15) is 25.3 Å². The minimum absolute atomic E-state index is 0.0726. The minimum atomic E-state index is -1.49. The van der Waals surface area contributed by atoms with Crippen molar-refractivity contribution in [3.05, 3.63) is 23.8 Å². The van der Waals surface area contributed by atoms with Crippen LogP contribution in [0.15, 0.2) is 18.2 Å². The minimum Gasteiger partial charge on any atom is -0.497 e. The van der Waals surface area contributed by atoms with Crippen LogP contribution in [0.4, 0.5) is 5.69 Å². The predicted octanol–water partition coefficient (Wildman–Crippen LogP) is 0.958. The highest BCUT2D eigenvalue weighted by molar-refractivity contribution is 6.01. The smallest absolute Gasteiger partial charge is 0.260 e. The summed E-state index contributed by atoms with van der Waals surface area (Å²) in [5, 5.41) is 10.8. The Labute approximate surface area is 135 Å². The van der Waals surface area contributed by atoms with Crippen LogP contribution < -0.4 is 9.64 Å². The third kappa shape index (κ3) is 2.79. The molecule has 1 unspecified atom stereocenters. The molecule has 1 aromatic carbocycles. The number of likely N-dealkylation sites (tertiary alicyclic amines) is 1. The van der Waals surface area contributed by atoms with E-state index in [2.05, 4.69) is 0 Å². The zero-order chi connectivity index (χ0) is 16.6. The van der Waals surface area contributed by atoms with E-state index < -0.39 is 5.60 Å². The Hall–Kier alpha value is -2.08. The van der Waals surface area contributed by atoms with Crippen molar-refractivity contribution >= 4 is 17.5 Å². The van der Waals surface area contributed by atoms with Gasteiger partial charge < -0.3 is 19.6 Å². The summed E-state index contributed by atoms with van der Waals surface area (Å²) in [6, 6.07) is 5.60. The van der Waals surface area contributed by atoms with Gasteiger partial charge in [0.1, 0.15) is 5.75 Å². The number of piperidine rings is 1. The van der Waals surface area contributed by atoms with Gasteiger partial charge in [0.25, 0.3) is 5.91 Å². The van der Waals surface area contributed by atoms with E-state index in [-0.39, 0.29) is 18.4 Å². The van der Waals surface area contributed by atoms with Gasteiger partial charge in [0.2, 0.25) is 5.91 Å². The molecule has 6 heteroatoms. The lowest BCUT2D eigenvalue weighted by molar-refractivity contribution is -0.148. The van der Waals surface area contributed by atoms with E-state index in [0.717, 1.165) is 23.4 Å². The maximum Gasteiger partial charge on any atom is 0.260 e. The number of hydrogen-bond acceptors (Lipinski definition) is 4. The molecule has 2 aliphatic rings. The van der Waals surface area contributed by atoms with Crippen LogP contribution >= 0.6 is 0 Å². The van der Waals surface area contributed by atoms with Gasteiger partial charge in [0.05, 0.1) is 13.7 Å². The number of ether oxygens (including phenoxy) is 1. The second-order valence-corrected chi connectivity index (χ2v) is 6.28. The fraction of sp³-hybridized carbons (Fsp3) is 0.529. The molecule has 2 amide bonds. The number of fused-ring (bicyclic) bond motifs is 1. The Morgan fingerprint density at radius 3 is 2.78 bits per heavy atom. The van der Waals surface area contributed by atoms with Gasteiger partial charge >= 0.3 is 0 Å². The summed E-state index contributed by atoms with van der Waals surface area (Å²) in [4.78, 5) is 27.7. The van der Waals surface area contributed by atoms with Crippen molar-refractivity contribution in [3.8, 4) is 5.75 Å². The van der Waals surface area contributed by atoms with Crippen molar-refractivity contribution in [2.45, 2.75) is 31.8 Å². The van der Waals surface area contributed by atoms with E-state index in [4.69, 9.17) is 4.74 Å². The van der Waals surface area contributed by atoms with E-state index in [1.54, 1.807) is 16.9 Å². The van der Waals surface area contributed by atoms with Gasteiger partial charge in [0, 0.05) is 25.7 Å². The standard InChI is InChI=1S/C17H22N2O4/c1-12(20)18-8-3-7-17(22,11-18)16(21)19-9-6-13-10-14(23-2)4-5-15(13)19/h4-5,10,22H,3,6-9,11H2,1-2H3. The van der Waals surface area contributed by atoms with Crippen LogP contribution in [0.3, 0.4) is 0 Å². The zero-order valence-electron chi connectivity index (χ0n) is 13.5. The fourth-order valence-corrected chi connectivity index (χ4v) is 3.45. The number of amides is 2. The molecule has 0 aliphatic carbocycles. The average Bonchev–Trinajstić information content (AvgIpc) is 2.96. The normalized spacial score (nSPS) is 23.6. The molecule has 6 nitrogen and oxygen atoms in total. The zero-order valence-corrected chi connectivity index (χ0v) is 13.5. The summed E-state index contributed by atoms with van der Waals surface area (Å²) in [5.74, 6) is 0.340. The van der Waals surface area contributed by atoms with Crippen LogP contribution in [0.5, 0.6) is 5.75 Å². The van der Waals surface area contributed by atoms with Crippen LogP contribution in [0, 0.1) is 0 Å². The van der Waals surface area contributed by atoms with E-state index >= 15 is 0 Å². The molecular weight excluding hydrogens is 296 g/mol. The molecular formula is C17H22N2O4. The Bertz CT molecular complexity index is 645. The summed E-state index contributed by atoms with van der Waals surface area (Å²) in [6.45, 7) is 2.68. The molecule has 0 bridgehead atoms. The summed E-state index contributed by atoms with van der Waals surface area (Å²) >= 11 is 0. The molecule has 1 fully saturated rings. The molecule has 2 heterocycles. The second-order valence-electron chi connectivity index (χ2n) is 6.28. The molecule has 0 radical (unpaired) electrons. The molecule has 23 heavy (non-hydrogen) atoms. The summed E-state index contributed by atoms with van der Waals surface area (Å²) in [7, 11) is 1.61. The quantitative estimate of drug-likeness (QED) is 0.882. The number of hydrogen-bond donors (Lipinski definition) is 1. The average molecular weight is 318 g/mol. The number of aliphatic hydroxyl groups is 1. The number of carbonyl (C=O) groups excluding carboxylic acids is 2. The van der Waals surface area contributed by atoms with E-state index in [1.807, 2.05) is 18.2 Å². The van der Waals surface area contributed by atoms with Crippen molar-refractivity contribution in [3.63, 3.8) is 0 Å².